The second-order valence-corrected chi connectivity index (χ2v) is 5.67. The van der Waals surface area contributed by atoms with Crippen LogP contribution in [0, 0.1) is 13.8 Å². The monoisotopic (exact) mass is 222 g/mol. The van der Waals surface area contributed by atoms with Gasteiger partial charge in [0.1, 0.15) is 0 Å². The second-order valence-electron chi connectivity index (χ2n) is 5.67. The summed E-state index contributed by atoms with van der Waals surface area (Å²) < 4.78 is 0. The second kappa shape index (κ2) is 3.22. The Morgan fingerprint density at radius 3 is 2.35 bits per heavy atom. The Bertz CT molecular complexity index is 603. The molecule has 0 saturated carbocycles. The summed E-state index contributed by atoms with van der Waals surface area (Å²) in [6, 6.07) is 13.4. The molecule has 0 unspecified atom stereocenters. The molecule has 86 valence electrons. The molecular formula is C17H18. The topological polar surface area (TPSA) is 0 Å². The molecule has 0 aliphatic heterocycles. The standard InChI is InChI=1S/C17H18/c1-11-9-12(2)16-14(10-11)13-7-5-6-8-15(13)17(16,3)4/h5-10H,1-4H3. The van der Waals surface area contributed by atoms with Gasteiger partial charge in [-0.15, -0.1) is 0 Å². The number of aryl methyl sites for hydroxylation is 2. The number of hydrogen-bond donors (Lipinski definition) is 0. The van der Waals surface area contributed by atoms with Crippen LogP contribution in [0.2, 0.25) is 0 Å². The molecule has 0 fully saturated rings. The maximum absolute atomic E-state index is 2.33. The first kappa shape index (κ1) is 10.6. The molecule has 1 aliphatic rings. The van der Waals surface area contributed by atoms with Crippen LogP contribution in [0.4, 0.5) is 0 Å². The van der Waals surface area contributed by atoms with Crippen molar-refractivity contribution in [3.63, 3.8) is 0 Å². The molecule has 1 aliphatic carbocycles. The van der Waals surface area contributed by atoms with Gasteiger partial charge in [0, 0.05) is 5.41 Å². The highest BCUT2D eigenvalue weighted by Gasteiger charge is 2.36. The minimum absolute atomic E-state index is 0.143. The summed E-state index contributed by atoms with van der Waals surface area (Å²) in [5, 5.41) is 0. The number of rotatable bonds is 0. The predicted octanol–water partition coefficient (Wildman–Crippen LogP) is 4.61. The largest absolute Gasteiger partial charge is 0.0619 e. The average Bonchev–Trinajstić information content (AvgIpc) is 2.49. The van der Waals surface area contributed by atoms with Gasteiger partial charge < -0.3 is 0 Å². The average molecular weight is 222 g/mol. The van der Waals surface area contributed by atoms with Gasteiger partial charge in [0.25, 0.3) is 0 Å². The van der Waals surface area contributed by atoms with Gasteiger partial charge in [0.2, 0.25) is 0 Å². The fourth-order valence-corrected chi connectivity index (χ4v) is 3.41. The molecule has 2 aromatic rings. The van der Waals surface area contributed by atoms with Crippen molar-refractivity contribution in [3.8, 4) is 11.1 Å². The van der Waals surface area contributed by atoms with E-state index in [-0.39, 0.29) is 5.41 Å². The maximum atomic E-state index is 2.33. The Morgan fingerprint density at radius 1 is 0.882 bits per heavy atom. The van der Waals surface area contributed by atoms with Gasteiger partial charge in [-0.3, -0.25) is 0 Å². The Balaban J connectivity index is 2.44. The SMILES string of the molecule is Cc1cc(C)c2c(c1)-c1ccccc1C2(C)C. The smallest absolute Gasteiger partial charge is 0.0161 e. The van der Waals surface area contributed by atoms with Gasteiger partial charge in [-0.2, -0.15) is 0 Å². The first-order valence-electron chi connectivity index (χ1n) is 6.23. The lowest BCUT2D eigenvalue weighted by Gasteiger charge is -2.23. The minimum atomic E-state index is 0.143. The van der Waals surface area contributed by atoms with Crippen LogP contribution in [0.15, 0.2) is 36.4 Å². The van der Waals surface area contributed by atoms with Crippen molar-refractivity contribution in [3.05, 3.63) is 58.7 Å². The van der Waals surface area contributed by atoms with Crippen LogP contribution in [-0.4, -0.2) is 0 Å². The summed E-state index contributed by atoms with van der Waals surface area (Å²) in [6.07, 6.45) is 0. The summed E-state index contributed by atoms with van der Waals surface area (Å²) in [5.74, 6) is 0. The Kier molecular flexibility index (Phi) is 2.01. The third kappa shape index (κ3) is 1.30. The van der Waals surface area contributed by atoms with Gasteiger partial charge in [-0.25, -0.2) is 0 Å². The van der Waals surface area contributed by atoms with Crippen LogP contribution in [-0.2, 0) is 5.41 Å². The Labute approximate surface area is 103 Å². The van der Waals surface area contributed by atoms with Crippen molar-refractivity contribution in [2.45, 2.75) is 33.1 Å². The van der Waals surface area contributed by atoms with Gasteiger partial charge in [0.05, 0.1) is 0 Å². The van der Waals surface area contributed by atoms with Gasteiger partial charge >= 0.3 is 0 Å². The van der Waals surface area contributed by atoms with Gasteiger partial charge in [-0.1, -0.05) is 55.8 Å². The zero-order valence-corrected chi connectivity index (χ0v) is 11.0. The molecule has 0 radical (unpaired) electrons. The third-order valence-corrected chi connectivity index (χ3v) is 4.00. The van der Waals surface area contributed by atoms with Crippen molar-refractivity contribution >= 4 is 0 Å². The lowest BCUT2D eigenvalue weighted by molar-refractivity contribution is 0.655. The molecule has 0 heterocycles. The maximum Gasteiger partial charge on any atom is 0.0161 e. The molecule has 3 rings (SSSR count). The normalized spacial score (nSPS) is 15.5. The Morgan fingerprint density at radius 2 is 1.59 bits per heavy atom. The summed E-state index contributed by atoms with van der Waals surface area (Å²) in [7, 11) is 0. The summed E-state index contributed by atoms with van der Waals surface area (Å²) in [4.78, 5) is 0. The van der Waals surface area contributed by atoms with Crippen molar-refractivity contribution in [2.24, 2.45) is 0 Å². The van der Waals surface area contributed by atoms with Crippen LogP contribution in [0.25, 0.3) is 11.1 Å². The van der Waals surface area contributed by atoms with Crippen molar-refractivity contribution in [1.82, 2.24) is 0 Å². The lowest BCUT2D eigenvalue weighted by atomic mass is 9.80. The van der Waals surface area contributed by atoms with Gasteiger partial charge in [-0.05, 0) is 41.7 Å². The number of fused-ring (bicyclic) bond motifs is 3. The fraction of sp³-hybridized carbons (Fsp3) is 0.294. The Hall–Kier alpha value is -1.56. The fourth-order valence-electron chi connectivity index (χ4n) is 3.41. The quantitative estimate of drug-likeness (QED) is 0.610. The molecule has 0 nitrogen and oxygen atoms in total. The molecule has 0 amide bonds. The van der Waals surface area contributed by atoms with Crippen LogP contribution < -0.4 is 0 Å². The van der Waals surface area contributed by atoms with E-state index >= 15 is 0 Å². The molecule has 0 saturated heterocycles. The summed E-state index contributed by atoms with van der Waals surface area (Å²) >= 11 is 0. The molecule has 0 bridgehead atoms. The molecule has 0 aromatic heterocycles. The highest BCUT2D eigenvalue weighted by molar-refractivity contribution is 5.82. The predicted molar refractivity (Wildman–Crippen MR) is 73.5 cm³/mol. The van der Waals surface area contributed by atoms with E-state index in [0.717, 1.165) is 0 Å². The van der Waals surface area contributed by atoms with E-state index in [1.165, 1.54) is 33.4 Å². The van der Waals surface area contributed by atoms with E-state index in [1.807, 2.05) is 0 Å². The lowest BCUT2D eigenvalue weighted by Crippen LogP contribution is -2.16. The van der Waals surface area contributed by atoms with Crippen LogP contribution >= 0.6 is 0 Å². The van der Waals surface area contributed by atoms with E-state index in [4.69, 9.17) is 0 Å². The van der Waals surface area contributed by atoms with E-state index in [1.54, 1.807) is 0 Å². The van der Waals surface area contributed by atoms with E-state index < -0.39 is 0 Å². The molecule has 0 spiro atoms. The molecule has 2 aromatic carbocycles. The zero-order chi connectivity index (χ0) is 12.2. The molecular weight excluding hydrogens is 204 g/mol. The highest BCUT2D eigenvalue weighted by Crippen LogP contribution is 2.49. The molecule has 0 heteroatoms. The third-order valence-electron chi connectivity index (χ3n) is 4.00. The van der Waals surface area contributed by atoms with Crippen molar-refractivity contribution < 1.29 is 0 Å². The molecule has 0 atom stereocenters. The van der Waals surface area contributed by atoms with E-state index in [0.29, 0.717) is 0 Å². The highest BCUT2D eigenvalue weighted by atomic mass is 14.4. The van der Waals surface area contributed by atoms with E-state index in [9.17, 15) is 0 Å². The number of hydrogen-bond acceptors (Lipinski definition) is 0. The van der Waals surface area contributed by atoms with Crippen LogP contribution in [0.3, 0.4) is 0 Å². The molecule has 0 N–H and O–H groups in total. The number of benzene rings is 2. The first-order valence-corrected chi connectivity index (χ1v) is 6.23. The summed E-state index contributed by atoms with van der Waals surface area (Å²) in [6.45, 7) is 9.08. The first-order chi connectivity index (χ1) is 8.01. The van der Waals surface area contributed by atoms with Crippen molar-refractivity contribution in [1.29, 1.82) is 0 Å². The molecule has 17 heavy (non-hydrogen) atoms. The van der Waals surface area contributed by atoms with Crippen LogP contribution in [0.1, 0.15) is 36.1 Å². The van der Waals surface area contributed by atoms with Crippen LogP contribution in [0.5, 0.6) is 0 Å². The minimum Gasteiger partial charge on any atom is -0.0619 e. The zero-order valence-electron chi connectivity index (χ0n) is 11.0. The van der Waals surface area contributed by atoms with E-state index in [2.05, 4.69) is 64.1 Å². The summed E-state index contributed by atoms with van der Waals surface area (Å²) in [5.41, 5.74) is 8.73. The van der Waals surface area contributed by atoms with Gasteiger partial charge in [0.15, 0.2) is 0 Å². The van der Waals surface area contributed by atoms with Crippen molar-refractivity contribution in [2.75, 3.05) is 0 Å².